The molecule has 7 rings (SSSR count). The molecular weight excluding hydrogens is 506 g/mol. The summed E-state index contributed by atoms with van der Waals surface area (Å²) in [5, 5.41) is 10.5. The maximum atomic E-state index is 9.95. The lowest BCUT2D eigenvalue weighted by molar-refractivity contribution is 0.00706. The Bertz CT molecular complexity index is 1520. The summed E-state index contributed by atoms with van der Waals surface area (Å²) in [7, 11) is 2.07. The van der Waals surface area contributed by atoms with Crippen molar-refractivity contribution >= 4 is 28.6 Å². The monoisotopic (exact) mass is 531 g/mol. The topological polar surface area (TPSA) is 105 Å². The number of benzene rings is 2. The van der Waals surface area contributed by atoms with Gasteiger partial charge < -0.3 is 29.2 Å². The second-order valence-corrected chi connectivity index (χ2v) is 10.2. The summed E-state index contributed by atoms with van der Waals surface area (Å²) < 4.78 is 17.3. The highest BCUT2D eigenvalue weighted by Gasteiger charge is 2.48. The van der Waals surface area contributed by atoms with Crippen LogP contribution >= 0.6 is 11.6 Å². The van der Waals surface area contributed by atoms with E-state index in [9.17, 15) is 5.11 Å². The number of aromatic amines is 1. The molecule has 5 heterocycles. The van der Waals surface area contributed by atoms with Crippen molar-refractivity contribution in [3.8, 4) is 28.4 Å². The lowest BCUT2D eigenvalue weighted by atomic mass is 10.0. The van der Waals surface area contributed by atoms with Gasteiger partial charge in [-0.3, -0.25) is 4.99 Å². The molecule has 2 aromatic heterocycles. The molecule has 0 bridgehead atoms. The number of hydrogen-bond acceptors (Lipinski definition) is 8. The van der Waals surface area contributed by atoms with Gasteiger partial charge in [-0.1, -0.05) is 60.1 Å². The van der Waals surface area contributed by atoms with Crippen molar-refractivity contribution in [2.75, 3.05) is 33.4 Å². The van der Waals surface area contributed by atoms with Gasteiger partial charge in [-0.25, -0.2) is 4.98 Å². The predicted octanol–water partition coefficient (Wildman–Crippen LogP) is 3.54. The van der Waals surface area contributed by atoms with Gasteiger partial charge in [0.25, 0.3) is 6.01 Å². The molecule has 2 fully saturated rings. The lowest BCUT2D eigenvalue weighted by Crippen LogP contribution is -2.34. The number of ether oxygens (including phenoxy) is 3. The average molecular weight is 532 g/mol. The Kier molecular flexibility index (Phi) is 5.81. The summed E-state index contributed by atoms with van der Waals surface area (Å²) in [6.45, 7) is 2.38. The SMILES string of the molecule is CN1CCN=C1c1ccc(-c2ccc(-c3nc4nc(O[C@@H]5CO[C@H]6[C@@H]5OC[C@H]6O)[nH]c4cc3Cl)cc2)cc1. The first-order valence-corrected chi connectivity index (χ1v) is 13.0. The minimum atomic E-state index is -0.632. The van der Waals surface area contributed by atoms with Crippen molar-refractivity contribution in [1.29, 1.82) is 0 Å². The summed E-state index contributed by atoms with van der Waals surface area (Å²) in [6.07, 6.45) is -1.68. The fourth-order valence-corrected chi connectivity index (χ4v) is 5.58. The van der Waals surface area contributed by atoms with Crippen LogP contribution in [0.15, 0.2) is 59.6 Å². The van der Waals surface area contributed by atoms with Crippen LogP contribution in [0, 0.1) is 0 Å². The van der Waals surface area contributed by atoms with E-state index in [0.717, 1.165) is 41.2 Å². The molecule has 0 spiro atoms. The van der Waals surface area contributed by atoms with E-state index >= 15 is 0 Å². The molecule has 0 aliphatic carbocycles. The highest BCUT2D eigenvalue weighted by atomic mass is 35.5. The number of imidazole rings is 1. The number of nitrogens with one attached hydrogen (secondary N) is 1. The number of nitrogens with zero attached hydrogens (tertiary/aromatic N) is 4. The van der Waals surface area contributed by atoms with Crippen LogP contribution in [0.25, 0.3) is 33.5 Å². The fourth-order valence-electron chi connectivity index (χ4n) is 5.32. The van der Waals surface area contributed by atoms with E-state index < -0.39 is 6.10 Å². The Morgan fingerprint density at radius 1 is 0.947 bits per heavy atom. The molecule has 194 valence electrons. The molecule has 0 amide bonds. The molecule has 2 N–H and O–H groups in total. The van der Waals surface area contributed by atoms with E-state index in [1.54, 1.807) is 6.07 Å². The number of rotatable bonds is 5. The molecule has 3 aliphatic rings. The third kappa shape index (κ3) is 4.12. The molecular formula is C28H26ClN5O4. The largest absolute Gasteiger partial charge is 0.456 e. The number of pyridine rings is 1. The Morgan fingerprint density at radius 3 is 2.34 bits per heavy atom. The molecule has 10 heteroatoms. The van der Waals surface area contributed by atoms with Crippen molar-refractivity contribution < 1.29 is 19.3 Å². The third-order valence-electron chi connectivity index (χ3n) is 7.34. The zero-order valence-corrected chi connectivity index (χ0v) is 21.4. The second-order valence-electron chi connectivity index (χ2n) is 9.83. The van der Waals surface area contributed by atoms with Crippen molar-refractivity contribution in [2.24, 2.45) is 4.99 Å². The zero-order chi connectivity index (χ0) is 25.8. The number of fused-ring (bicyclic) bond motifs is 2. The number of aliphatic hydroxyl groups excluding tert-OH is 1. The van der Waals surface area contributed by atoms with Crippen LogP contribution in [0.1, 0.15) is 5.56 Å². The summed E-state index contributed by atoms with van der Waals surface area (Å²) in [4.78, 5) is 19.1. The number of likely N-dealkylation sites (N-methyl/N-ethyl adjacent to an activating group) is 1. The van der Waals surface area contributed by atoms with Gasteiger partial charge in [-0.2, -0.15) is 4.98 Å². The Hall–Kier alpha value is -3.50. The van der Waals surface area contributed by atoms with Crippen LogP contribution in [0.5, 0.6) is 6.01 Å². The number of hydrogen-bond donors (Lipinski definition) is 2. The third-order valence-corrected chi connectivity index (χ3v) is 7.63. The smallest absolute Gasteiger partial charge is 0.296 e. The van der Waals surface area contributed by atoms with Crippen molar-refractivity contribution in [1.82, 2.24) is 19.9 Å². The average Bonchev–Trinajstić information content (AvgIpc) is 3.71. The van der Waals surface area contributed by atoms with Crippen molar-refractivity contribution in [2.45, 2.75) is 24.4 Å². The van der Waals surface area contributed by atoms with Crippen LogP contribution in [-0.2, 0) is 9.47 Å². The predicted molar refractivity (Wildman–Crippen MR) is 144 cm³/mol. The molecule has 0 saturated carbocycles. The maximum Gasteiger partial charge on any atom is 0.296 e. The number of halogens is 1. The van der Waals surface area contributed by atoms with E-state index in [1.165, 1.54) is 0 Å². The van der Waals surface area contributed by atoms with Gasteiger partial charge in [-0.15, -0.1) is 0 Å². The first kappa shape index (κ1) is 23.6. The molecule has 4 aromatic rings. The van der Waals surface area contributed by atoms with Gasteiger partial charge in [-0.05, 0) is 17.2 Å². The van der Waals surface area contributed by atoms with Gasteiger partial charge in [0.2, 0.25) is 0 Å². The molecule has 4 atom stereocenters. The van der Waals surface area contributed by atoms with E-state index in [0.29, 0.717) is 34.5 Å². The number of H-pyrrole nitrogens is 1. The summed E-state index contributed by atoms with van der Waals surface area (Å²) in [5.74, 6) is 1.04. The van der Waals surface area contributed by atoms with Crippen LogP contribution in [0.2, 0.25) is 5.02 Å². The van der Waals surface area contributed by atoms with E-state index in [1.807, 2.05) is 12.1 Å². The summed E-state index contributed by atoms with van der Waals surface area (Å²) in [5.41, 5.74) is 6.07. The summed E-state index contributed by atoms with van der Waals surface area (Å²) in [6, 6.07) is 18.8. The lowest BCUT2D eigenvalue weighted by Gasteiger charge is -2.15. The van der Waals surface area contributed by atoms with E-state index in [2.05, 4.69) is 63.3 Å². The highest BCUT2D eigenvalue weighted by Crippen LogP contribution is 2.33. The van der Waals surface area contributed by atoms with Crippen molar-refractivity contribution in [3.05, 3.63) is 65.2 Å². The molecule has 2 saturated heterocycles. The van der Waals surface area contributed by atoms with E-state index in [-0.39, 0.29) is 24.9 Å². The maximum absolute atomic E-state index is 9.95. The number of aliphatic imine (C=N–C) groups is 1. The van der Waals surface area contributed by atoms with Crippen molar-refractivity contribution in [3.63, 3.8) is 0 Å². The Labute approximate surface area is 224 Å². The van der Waals surface area contributed by atoms with Gasteiger partial charge >= 0.3 is 0 Å². The van der Waals surface area contributed by atoms with Crippen LogP contribution in [0.4, 0.5) is 0 Å². The van der Waals surface area contributed by atoms with Gasteiger partial charge in [0, 0.05) is 24.7 Å². The van der Waals surface area contributed by atoms with Crippen LogP contribution in [0.3, 0.4) is 0 Å². The Balaban J connectivity index is 1.10. The molecule has 9 nitrogen and oxygen atoms in total. The molecule has 0 radical (unpaired) electrons. The van der Waals surface area contributed by atoms with E-state index in [4.69, 9.17) is 30.8 Å². The first-order valence-electron chi connectivity index (χ1n) is 12.6. The van der Waals surface area contributed by atoms with Crippen LogP contribution in [-0.4, -0.2) is 88.6 Å². The standard InChI is InChI=1S/C28H26ClN5O4/c1-34-11-10-30-27(34)18-8-4-16(5-9-18)15-2-6-17(7-3-15)23-19(29)12-20-26(32-23)33-28(31-20)38-22-14-37-24-21(35)13-36-25(22)24/h2-9,12,21-22,24-25,35H,10-11,13-14H2,1H3,(H,31,32,33)/t21-,22-,24-,25-/m1/s1. The highest BCUT2D eigenvalue weighted by molar-refractivity contribution is 6.33. The zero-order valence-electron chi connectivity index (χ0n) is 20.7. The second kappa shape index (κ2) is 9.36. The summed E-state index contributed by atoms with van der Waals surface area (Å²) >= 11 is 6.62. The molecule has 38 heavy (non-hydrogen) atoms. The normalized spacial score (nSPS) is 24.7. The molecule has 3 aliphatic heterocycles. The minimum absolute atomic E-state index is 0.243. The number of aliphatic hydroxyl groups is 1. The number of aromatic nitrogens is 3. The molecule has 0 unspecified atom stereocenters. The fraction of sp³-hybridized carbons (Fsp3) is 0.321. The molecule has 2 aromatic carbocycles. The number of amidine groups is 1. The quantitative estimate of drug-likeness (QED) is 0.406. The minimum Gasteiger partial charge on any atom is -0.456 e. The van der Waals surface area contributed by atoms with Crippen LogP contribution < -0.4 is 4.74 Å². The van der Waals surface area contributed by atoms with Gasteiger partial charge in [0.15, 0.2) is 11.8 Å². The van der Waals surface area contributed by atoms with Gasteiger partial charge in [0.05, 0.1) is 36.0 Å². The Morgan fingerprint density at radius 2 is 1.63 bits per heavy atom. The van der Waals surface area contributed by atoms with Gasteiger partial charge in [0.1, 0.15) is 24.1 Å². The first-order chi connectivity index (χ1) is 18.5.